The van der Waals surface area contributed by atoms with Gasteiger partial charge in [0, 0.05) is 25.2 Å². The fourth-order valence-corrected chi connectivity index (χ4v) is 2.41. The molecule has 112 valence electrons. The molecule has 0 saturated carbocycles. The molecule has 1 aliphatic rings. The molecule has 1 aromatic rings. The van der Waals surface area contributed by atoms with Gasteiger partial charge in [-0.2, -0.15) is 13.2 Å². The number of benzene rings is 1. The first-order valence-electron chi connectivity index (χ1n) is 6.26. The highest BCUT2D eigenvalue weighted by atomic mass is 19.4. The molecular weight excluding hydrogens is 279 g/mol. The van der Waals surface area contributed by atoms with Crippen molar-refractivity contribution in [1.82, 2.24) is 0 Å². The highest BCUT2D eigenvalue weighted by Gasteiger charge is 2.36. The van der Waals surface area contributed by atoms with Gasteiger partial charge >= 0.3 is 6.18 Å². The van der Waals surface area contributed by atoms with Gasteiger partial charge in [0.1, 0.15) is 0 Å². The lowest BCUT2D eigenvalue weighted by Crippen LogP contribution is -2.43. The predicted octanol–water partition coefficient (Wildman–Crippen LogP) is 3.40. The van der Waals surface area contributed by atoms with E-state index in [0.717, 1.165) is 12.1 Å². The van der Waals surface area contributed by atoms with Crippen LogP contribution in [0.5, 0.6) is 0 Å². The molecule has 0 amide bonds. The van der Waals surface area contributed by atoms with Crippen molar-refractivity contribution in [1.29, 1.82) is 0 Å². The number of nitrogens with two attached hydrogens (primary N) is 1. The van der Waals surface area contributed by atoms with Gasteiger partial charge in [0.25, 0.3) is 5.92 Å². The van der Waals surface area contributed by atoms with E-state index in [2.05, 4.69) is 0 Å². The van der Waals surface area contributed by atoms with Gasteiger partial charge in [0.15, 0.2) is 0 Å². The number of nitrogens with zero attached hydrogens (tertiary/aromatic N) is 1. The third-order valence-electron chi connectivity index (χ3n) is 3.36. The Bertz CT molecular complexity index is 484. The minimum absolute atomic E-state index is 0.124. The standard InChI is InChI=1S/C13H15F5N2/c14-12(15)4-1-5-20(8-12)11-3-2-10(13(16,17)18)6-9(11)7-19/h2-3,6H,1,4-5,7-8,19H2. The van der Waals surface area contributed by atoms with Crippen LogP contribution in [-0.2, 0) is 12.7 Å². The Morgan fingerprint density at radius 3 is 2.50 bits per heavy atom. The fraction of sp³-hybridized carbons (Fsp3) is 0.538. The molecule has 0 radical (unpaired) electrons. The van der Waals surface area contributed by atoms with Crippen molar-refractivity contribution >= 4 is 5.69 Å². The topological polar surface area (TPSA) is 29.3 Å². The molecule has 0 unspecified atom stereocenters. The maximum absolute atomic E-state index is 13.4. The largest absolute Gasteiger partial charge is 0.416 e. The summed E-state index contributed by atoms with van der Waals surface area (Å²) in [6, 6.07) is 3.07. The molecule has 0 aliphatic carbocycles. The zero-order chi connectivity index (χ0) is 15.0. The Hall–Kier alpha value is -1.37. The third kappa shape index (κ3) is 3.20. The second-order valence-electron chi connectivity index (χ2n) is 4.93. The molecule has 2 rings (SSSR count). The molecule has 0 aromatic heterocycles. The number of rotatable bonds is 2. The first-order chi connectivity index (χ1) is 9.23. The van der Waals surface area contributed by atoms with E-state index in [0.29, 0.717) is 18.7 Å². The molecule has 0 bridgehead atoms. The molecule has 0 spiro atoms. The summed E-state index contributed by atoms with van der Waals surface area (Å²) in [6.45, 7) is -0.208. The van der Waals surface area contributed by atoms with Gasteiger partial charge in [0.05, 0.1) is 12.1 Å². The highest BCUT2D eigenvalue weighted by molar-refractivity contribution is 5.56. The van der Waals surface area contributed by atoms with E-state index in [1.807, 2.05) is 0 Å². The molecule has 1 saturated heterocycles. The van der Waals surface area contributed by atoms with Gasteiger partial charge in [-0.25, -0.2) is 8.78 Å². The maximum atomic E-state index is 13.4. The van der Waals surface area contributed by atoms with Gasteiger partial charge in [-0.3, -0.25) is 0 Å². The molecule has 7 heteroatoms. The molecule has 0 atom stereocenters. The Labute approximate surface area is 113 Å². The summed E-state index contributed by atoms with van der Waals surface area (Å²) in [4.78, 5) is 1.41. The normalized spacial score (nSPS) is 19.2. The van der Waals surface area contributed by atoms with E-state index in [1.165, 1.54) is 11.0 Å². The van der Waals surface area contributed by atoms with E-state index < -0.39 is 24.2 Å². The van der Waals surface area contributed by atoms with Crippen LogP contribution in [0.2, 0.25) is 0 Å². The number of anilines is 1. The average molecular weight is 294 g/mol. The maximum Gasteiger partial charge on any atom is 0.416 e. The zero-order valence-electron chi connectivity index (χ0n) is 10.7. The lowest BCUT2D eigenvalue weighted by molar-refractivity contribution is -0.137. The minimum atomic E-state index is -4.46. The van der Waals surface area contributed by atoms with Crippen molar-refractivity contribution in [3.05, 3.63) is 29.3 Å². The summed E-state index contributed by atoms with van der Waals surface area (Å²) in [5.41, 5.74) is 5.24. The third-order valence-corrected chi connectivity index (χ3v) is 3.36. The number of hydrogen-bond acceptors (Lipinski definition) is 2. The van der Waals surface area contributed by atoms with E-state index in [9.17, 15) is 22.0 Å². The van der Waals surface area contributed by atoms with Crippen LogP contribution in [0, 0.1) is 0 Å². The van der Waals surface area contributed by atoms with Crippen LogP contribution in [0.15, 0.2) is 18.2 Å². The first-order valence-corrected chi connectivity index (χ1v) is 6.26. The average Bonchev–Trinajstić information content (AvgIpc) is 2.35. The van der Waals surface area contributed by atoms with E-state index in [4.69, 9.17) is 5.73 Å². The summed E-state index contributed by atoms with van der Waals surface area (Å²) in [6.07, 6.45) is -4.35. The molecule has 1 aromatic carbocycles. The SMILES string of the molecule is NCc1cc(C(F)(F)F)ccc1N1CCCC(F)(F)C1. The lowest BCUT2D eigenvalue weighted by Gasteiger charge is -2.35. The number of halogens is 5. The summed E-state index contributed by atoms with van der Waals surface area (Å²) in [5.74, 6) is -2.81. The van der Waals surface area contributed by atoms with Gasteiger partial charge in [-0.15, -0.1) is 0 Å². The van der Waals surface area contributed by atoms with Crippen LogP contribution >= 0.6 is 0 Å². The predicted molar refractivity (Wildman–Crippen MR) is 65.7 cm³/mol. The van der Waals surface area contributed by atoms with Crippen LogP contribution in [0.1, 0.15) is 24.0 Å². The van der Waals surface area contributed by atoms with Crippen molar-refractivity contribution in [3.8, 4) is 0 Å². The number of piperidine rings is 1. The summed E-state index contributed by atoms with van der Waals surface area (Å²) in [7, 11) is 0. The Morgan fingerprint density at radius 1 is 1.25 bits per heavy atom. The number of alkyl halides is 5. The Balaban J connectivity index is 2.32. The molecule has 1 fully saturated rings. The molecule has 1 heterocycles. The molecule has 2 nitrogen and oxygen atoms in total. The van der Waals surface area contributed by atoms with Crippen molar-refractivity contribution in [2.75, 3.05) is 18.0 Å². The molecule has 1 aliphatic heterocycles. The Morgan fingerprint density at radius 2 is 1.95 bits per heavy atom. The van der Waals surface area contributed by atoms with Gasteiger partial charge in [-0.1, -0.05) is 0 Å². The monoisotopic (exact) mass is 294 g/mol. The van der Waals surface area contributed by atoms with Crippen LogP contribution in [0.3, 0.4) is 0 Å². The zero-order valence-corrected chi connectivity index (χ0v) is 10.7. The lowest BCUT2D eigenvalue weighted by atomic mass is 10.0. The van der Waals surface area contributed by atoms with Crippen LogP contribution in [0.25, 0.3) is 0 Å². The van der Waals surface area contributed by atoms with E-state index in [1.54, 1.807) is 0 Å². The second-order valence-corrected chi connectivity index (χ2v) is 4.93. The smallest absolute Gasteiger partial charge is 0.365 e. The van der Waals surface area contributed by atoms with Gasteiger partial charge < -0.3 is 10.6 Å². The van der Waals surface area contributed by atoms with Gasteiger partial charge in [0.2, 0.25) is 0 Å². The fourth-order valence-electron chi connectivity index (χ4n) is 2.41. The summed E-state index contributed by atoms with van der Waals surface area (Å²) < 4.78 is 64.7. The van der Waals surface area contributed by atoms with Crippen molar-refractivity contribution < 1.29 is 22.0 Å². The van der Waals surface area contributed by atoms with E-state index in [-0.39, 0.29) is 18.5 Å². The minimum Gasteiger partial charge on any atom is -0.365 e. The van der Waals surface area contributed by atoms with Gasteiger partial charge in [-0.05, 0) is 30.2 Å². The van der Waals surface area contributed by atoms with Crippen LogP contribution in [0.4, 0.5) is 27.6 Å². The summed E-state index contributed by atoms with van der Waals surface area (Å²) in [5, 5.41) is 0. The van der Waals surface area contributed by atoms with Crippen molar-refractivity contribution in [3.63, 3.8) is 0 Å². The van der Waals surface area contributed by atoms with Crippen LogP contribution in [-0.4, -0.2) is 19.0 Å². The molecule has 2 N–H and O–H groups in total. The van der Waals surface area contributed by atoms with Crippen molar-refractivity contribution in [2.45, 2.75) is 31.5 Å². The molecule has 20 heavy (non-hydrogen) atoms. The quantitative estimate of drug-likeness (QED) is 0.847. The van der Waals surface area contributed by atoms with E-state index >= 15 is 0 Å². The molecular formula is C13H15F5N2. The number of hydrogen-bond donors (Lipinski definition) is 1. The highest BCUT2D eigenvalue weighted by Crippen LogP contribution is 2.35. The second kappa shape index (κ2) is 5.20. The Kier molecular flexibility index (Phi) is 3.90. The van der Waals surface area contributed by atoms with Crippen molar-refractivity contribution in [2.24, 2.45) is 5.73 Å². The first kappa shape index (κ1) is 15.0. The summed E-state index contributed by atoms with van der Waals surface area (Å²) >= 11 is 0. The van der Waals surface area contributed by atoms with Crippen LogP contribution < -0.4 is 10.6 Å².